The molecule has 0 aromatic carbocycles. The Morgan fingerprint density at radius 1 is 1.60 bits per heavy atom. The molecule has 0 aliphatic heterocycles. The first kappa shape index (κ1) is 13.1. The van der Waals surface area contributed by atoms with Crippen molar-refractivity contribution in [1.82, 2.24) is 4.72 Å². The van der Waals surface area contributed by atoms with Crippen molar-refractivity contribution in [3.8, 4) is 0 Å². The van der Waals surface area contributed by atoms with E-state index in [4.69, 9.17) is 4.74 Å². The second-order valence-corrected chi connectivity index (χ2v) is 6.38. The predicted molar refractivity (Wildman–Crippen MR) is 63.7 cm³/mol. The highest BCUT2D eigenvalue weighted by Crippen LogP contribution is 2.26. The van der Waals surface area contributed by atoms with Crippen LogP contribution in [0, 0.1) is 0 Å². The zero-order valence-corrected chi connectivity index (χ0v) is 11.4. The van der Waals surface area contributed by atoms with Crippen LogP contribution in [0.15, 0.2) is 20.1 Å². The first-order valence-corrected chi connectivity index (χ1v) is 7.54. The largest absolute Gasteiger partial charge is 0.380 e. The van der Waals surface area contributed by atoms with Crippen molar-refractivity contribution >= 4 is 37.3 Å². The first-order valence-electron chi connectivity index (χ1n) is 4.38. The molecule has 0 fully saturated rings. The maximum absolute atomic E-state index is 11.7. The minimum absolute atomic E-state index is 0.292. The van der Waals surface area contributed by atoms with Gasteiger partial charge in [0.1, 0.15) is 4.21 Å². The normalized spacial score (nSPS) is 11.9. The van der Waals surface area contributed by atoms with Crippen LogP contribution in [-0.2, 0) is 14.8 Å². The molecule has 0 atom stereocenters. The third-order valence-corrected chi connectivity index (χ3v) is 5.70. The molecule has 0 saturated heterocycles. The van der Waals surface area contributed by atoms with Crippen molar-refractivity contribution in [2.24, 2.45) is 0 Å². The van der Waals surface area contributed by atoms with Gasteiger partial charge in [-0.25, -0.2) is 13.1 Å². The molecule has 0 aliphatic rings. The molecule has 7 heteroatoms. The number of rotatable bonds is 6. The Morgan fingerprint density at radius 2 is 2.33 bits per heavy atom. The summed E-state index contributed by atoms with van der Waals surface area (Å²) in [5, 5.41) is 1.72. The van der Waals surface area contributed by atoms with E-state index in [1.165, 1.54) is 11.3 Å². The predicted octanol–water partition coefficient (Wildman–Crippen LogP) is 1.83. The maximum Gasteiger partial charge on any atom is 0.251 e. The Morgan fingerprint density at radius 3 is 2.87 bits per heavy atom. The zero-order chi connectivity index (χ0) is 11.3. The Kier molecular flexibility index (Phi) is 5.20. The third-order valence-electron chi connectivity index (χ3n) is 1.57. The van der Waals surface area contributed by atoms with Gasteiger partial charge in [0.25, 0.3) is 10.0 Å². The second-order valence-electron chi connectivity index (χ2n) is 2.65. The van der Waals surface area contributed by atoms with Gasteiger partial charge in [-0.2, -0.15) is 0 Å². The third kappa shape index (κ3) is 3.84. The van der Waals surface area contributed by atoms with E-state index in [0.717, 1.165) is 0 Å². The minimum atomic E-state index is -3.39. The molecule has 0 radical (unpaired) electrons. The lowest BCUT2D eigenvalue weighted by Gasteiger charge is -2.05. The van der Waals surface area contributed by atoms with Crippen molar-refractivity contribution in [2.75, 3.05) is 19.8 Å². The highest BCUT2D eigenvalue weighted by Gasteiger charge is 2.18. The van der Waals surface area contributed by atoms with Gasteiger partial charge in [0.2, 0.25) is 0 Å². The number of hydrogen-bond acceptors (Lipinski definition) is 4. The van der Waals surface area contributed by atoms with Crippen LogP contribution in [-0.4, -0.2) is 28.2 Å². The fourth-order valence-electron chi connectivity index (χ4n) is 0.930. The summed E-state index contributed by atoms with van der Waals surface area (Å²) in [6.07, 6.45) is 0. The van der Waals surface area contributed by atoms with E-state index in [-0.39, 0.29) is 0 Å². The van der Waals surface area contributed by atoms with Crippen molar-refractivity contribution < 1.29 is 13.2 Å². The molecular weight excluding hydrogens is 302 g/mol. The van der Waals surface area contributed by atoms with E-state index in [0.29, 0.717) is 28.4 Å². The smallest absolute Gasteiger partial charge is 0.251 e. The molecule has 0 unspecified atom stereocenters. The van der Waals surface area contributed by atoms with Gasteiger partial charge in [-0.15, -0.1) is 11.3 Å². The van der Waals surface area contributed by atoms with Crippen LogP contribution in [0.5, 0.6) is 0 Å². The van der Waals surface area contributed by atoms with E-state index < -0.39 is 10.0 Å². The molecule has 1 heterocycles. The molecule has 0 amide bonds. The molecule has 0 saturated carbocycles. The monoisotopic (exact) mass is 313 g/mol. The lowest BCUT2D eigenvalue weighted by atomic mass is 10.7. The molecule has 1 rings (SSSR count). The average molecular weight is 314 g/mol. The molecule has 0 spiro atoms. The fourth-order valence-corrected chi connectivity index (χ4v) is 4.32. The van der Waals surface area contributed by atoms with Gasteiger partial charge in [-0.1, -0.05) is 0 Å². The number of nitrogens with one attached hydrogen (secondary N) is 1. The molecule has 0 bridgehead atoms. The summed E-state index contributed by atoms with van der Waals surface area (Å²) in [7, 11) is -3.39. The molecule has 15 heavy (non-hydrogen) atoms. The quantitative estimate of drug-likeness (QED) is 0.815. The van der Waals surface area contributed by atoms with E-state index >= 15 is 0 Å². The first-order chi connectivity index (χ1) is 7.08. The Balaban J connectivity index is 2.57. The topological polar surface area (TPSA) is 55.4 Å². The summed E-state index contributed by atoms with van der Waals surface area (Å²) < 4.78 is 31.8. The van der Waals surface area contributed by atoms with Crippen molar-refractivity contribution in [1.29, 1.82) is 0 Å². The maximum atomic E-state index is 11.7. The summed E-state index contributed by atoms with van der Waals surface area (Å²) in [5.41, 5.74) is 0. The van der Waals surface area contributed by atoms with E-state index in [9.17, 15) is 8.42 Å². The summed E-state index contributed by atoms with van der Waals surface area (Å²) in [6, 6.07) is 1.71. The molecule has 86 valence electrons. The van der Waals surface area contributed by atoms with E-state index in [2.05, 4.69) is 20.7 Å². The van der Waals surface area contributed by atoms with Crippen LogP contribution < -0.4 is 4.72 Å². The van der Waals surface area contributed by atoms with Crippen LogP contribution in [0.3, 0.4) is 0 Å². The summed E-state index contributed by atoms with van der Waals surface area (Å²) in [6.45, 7) is 3.13. The zero-order valence-electron chi connectivity index (χ0n) is 8.20. The van der Waals surface area contributed by atoms with Gasteiger partial charge in [0.15, 0.2) is 0 Å². The lowest BCUT2D eigenvalue weighted by Crippen LogP contribution is -2.27. The average Bonchev–Trinajstić information content (AvgIpc) is 2.60. The van der Waals surface area contributed by atoms with Crippen LogP contribution in [0.2, 0.25) is 0 Å². The number of halogens is 1. The number of sulfonamides is 1. The SMILES string of the molecule is CCOCCNS(=O)(=O)c1sccc1Br. The standard InChI is InChI=1S/C8H12BrNO3S2/c1-2-13-5-4-10-15(11,12)8-7(9)3-6-14-8/h3,6,10H,2,4-5H2,1H3. The van der Waals surface area contributed by atoms with Gasteiger partial charge >= 0.3 is 0 Å². The van der Waals surface area contributed by atoms with Crippen LogP contribution in [0.4, 0.5) is 0 Å². The number of thiophene rings is 1. The van der Waals surface area contributed by atoms with E-state index in [1.54, 1.807) is 11.4 Å². The Bertz CT molecular complexity index is 402. The summed E-state index contributed by atoms with van der Waals surface area (Å²) in [5.74, 6) is 0. The summed E-state index contributed by atoms with van der Waals surface area (Å²) in [4.78, 5) is 0. The summed E-state index contributed by atoms with van der Waals surface area (Å²) >= 11 is 4.37. The Labute approximate surface area is 102 Å². The highest BCUT2D eigenvalue weighted by molar-refractivity contribution is 9.10. The molecule has 1 N–H and O–H groups in total. The van der Waals surface area contributed by atoms with Crippen molar-refractivity contribution in [3.63, 3.8) is 0 Å². The van der Waals surface area contributed by atoms with Crippen LogP contribution in [0.1, 0.15) is 6.92 Å². The van der Waals surface area contributed by atoms with Gasteiger partial charge in [-0.3, -0.25) is 0 Å². The molecule has 0 aliphatic carbocycles. The van der Waals surface area contributed by atoms with Gasteiger partial charge in [0, 0.05) is 17.6 Å². The minimum Gasteiger partial charge on any atom is -0.380 e. The fraction of sp³-hybridized carbons (Fsp3) is 0.500. The number of ether oxygens (including phenoxy) is 1. The Hall–Kier alpha value is 0.0500. The molecule has 1 aromatic heterocycles. The van der Waals surface area contributed by atoms with Gasteiger partial charge < -0.3 is 4.74 Å². The van der Waals surface area contributed by atoms with E-state index in [1.807, 2.05) is 6.92 Å². The molecular formula is C8H12BrNO3S2. The highest BCUT2D eigenvalue weighted by atomic mass is 79.9. The molecule has 1 aromatic rings. The number of hydrogen-bond donors (Lipinski definition) is 1. The second kappa shape index (κ2) is 5.95. The lowest BCUT2D eigenvalue weighted by molar-refractivity contribution is 0.153. The van der Waals surface area contributed by atoms with Crippen molar-refractivity contribution in [2.45, 2.75) is 11.1 Å². The van der Waals surface area contributed by atoms with Gasteiger partial charge in [0.05, 0.1) is 6.61 Å². The van der Waals surface area contributed by atoms with Crippen LogP contribution in [0.25, 0.3) is 0 Å². The van der Waals surface area contributed by atoms with Gasteiger partial charge in [-0.05, 0) is 34.3 Å². The van der Waals surface area contributed by atoms with Crippen LogP contribution >= 0.6 is 27.3 Å². The molecule has 4 nitrogen and oxygen atoms in total. The van der Waals surface area contributed by atoms with Crippen molar-refractivity contribution in [3.05, 3.63) is 15.9 Å².